The summed E-state index contributed by atoms with van der Waals surface area (Å²) in [5.74, 6) is 0.332. The van der Waals surface area contributed by atoms with E-state index in [9.17, 15) is 22.8 Å². The SMILES string of the molecule is CC(=O)c1c(C)[nH]c(C(=O)CN2CCN(c3ccc(C(F)(F)F)cn3)CC2)c1C. The van der Waals surface area contributed by atoms with Gasteiger partial charge in [0, 0.05) is 43.6 Å². The number of hydrogen-bond donors (Lipinski definition) is 1. The fraction of sp³-hybridized carbons (Fsp3) is 0.450. The molecular formula is C20H23F3N4O2. The zero-order valence-corrected chi connectivity index (χ0v) is 16.6. The first-order valence-corrected chi connectivity index (χ1v) is 9.31. The van der Waals surface area contributed by atoms with Crippen LogP contribution in [0.5, 0.6) is 0 Å². The van der Waals surface area contributed by atoms with Crippen LogP contribution in [-0.4, -0.2) is 59.2 Å². The summed E-state index contributed by atoms with van der Waals surface area (Å²) >= 11 is 0. The number of piperazine rings is 1. The van der Waals surface area contributed by atoms with Gasteiger partial charge in [-0.15, -0.1) is 0 Å². The highest BCUT2D eigenvalue weighted by Gasteiger charge is 2.31. The van der Waals surface area contributed by atoms with Gasteiger partial charge in [-0.2, -0.15) is 13.2 Å². The van der Waals surface area contributed by atoms with Gasteiger partial charge in [0.1, 0.15) is 5.82 Å². The van der Waals surface area contributed by atoms with Gasteiger partial charge in [-0.3, -0.25) is 14.5 Å². The summed E-state index contributed by atoms with van der Waals surface area (Å²) in [6.45, 7) is 7.54. The number of aromatic amines is 1. The first kappa shape index (κ1) is 21.0. The molecule has 0 atom stereocenters. The smallest absolute Gasteiger partial charge is 0.355 e. The standard InChI is InChI=1S/C20H23F3N4O2/c1-12-18(14(3)28)13(2)25-19(12)16(29)11-26-6-8-27(9-7-26)17-5-4-15(10-24-17)20(21,22)23/h4-5,10,25H,6-9,11H2,1-3H3. The first-order valence-electron chi connectivity index (χ1n) is 9.31. The molecule has 6 nitrogen and oxygen atoms in total. The number of H-pyrrole nitrogens is 1. The van der Waals surface area contributed by atoms with Crippen LogP contribution in [0.3, 0.4) is 0 Å². The summed E-state index contributed by atoms with van der Waals surface area (Å²) in [4.78, 5) is 35.3. The molecule has 9 heteroatoms. The third-order valence-corrected chi connectivity index (χ3v) is 5.21. The Kier molecular flexibility index (Phi) is 5.79. The Morgan fingerprint density at radius 1 is 1.14 bits per heavy atom. The lowest BCUT2D eigenvalue weighted by Crippen LogP contribution is -2.48. The molecule has 3 heterocycles. The summed E-state index contributed by atoms with van der Waals surface area (Å²) < 4.78 is 38.0. The number of ketones is 2. The number of aryl methyl sites for hydroxylation is 1. The normalized spacial score (nSPS) is 15.6. The van der Waals surface area contributed by atoms with Gasteiger partial charge in [-0.25, -0.2) is 4.98 Å². The number of carbonyl (C=O) groups is 2. The number of aromatic nitrogens is 2. The highest BCUT2D eigenvalue weighted by atomic mass is 19.4. The molecule has 0 radical (unpaired) electrons. The van der Waals surface area contributed by atoms with Crippen molar-refractivity contribution in [1.82, 2.24) is 14.9 Å². The third-order valence-electron chi connectivity index (χ3n) is 5.21. The van der Waals surface area contributed by atoms with Crippen LogP contribution in [0, 0.1) is 13.8 Å². The quantitative estimate of drug-likeness (QED) is 0.770. The number of nitrogens with zero attached hydrogens (tertiary/aromatic N) is 3. The first-order chi connectivity index (χ1) is 13.6. The van der Waals surface area contributed by atoms with Crippen molar-refractivity contribution >= 4 is 17.4 Å². The van der Waals surface area contributed by atoms with E-state index in [4.69, 9.17) is 0 Å². The van der Waals surface area contributed by atoms with Gasteiger partial charge in [-0.05, 0) is 38.5 Å². The van der Waals surface area contributed by atoms with Gasteiger partial charge in [0.05, 0.1) is 17.8 Å². The molecule has 0 saturated carbocycles. The Hall–Kier alpha value is -2.68. The summed E-state index contributed by atoms with van der Waals surface area (Å²) in [6.07, 6.45) is -3.56. The number of hydrogen-bond acceptors (Lipinski definition) is 5. The predicted molar refractivity (Wildman–Crippen MR) is 102 cm³/mol. The second-order valence-electron chi connectivity index (χ2n) is 7.27. The zero-order chi connectivity index (χ0) is 21.3. The molecule has 0 aromatic carbocycles. The molecule has 2 aromatic rings. The summed E-state index contributed by atoms with van der Waals surface area (Å²) in [5, 5.41) is 0. The van der Waals surface area contributed by atoms with E-state index < -0.39 is 11.7 Å². The Morgan fingerprint density at radius 2 is 1.79 bits per heavy atom. The number of anilines is 1. The maximum atomic E-state index is 12.7. The largest absolute Gasteiger partial charge is 0.417 e. The van der Waals surface area contributed by atoms with Crippen molar-refractivity contribution in [2.45, 2.75) is 26.9 Å². The average molecular weight is 408 g/mol. The lowest BCUT2D eigenvalue weighted by molar-refractivity contribution is -0.137. The molecule has 0 spiro atoms. The van der Waals surface area contributed by atoms with E-state index in [-0.39, 0.29) is 18.1 Å². The van der Waals surface area contributed by atoms with E-state index in [0.717, 1.165) is 12.3 Å². The van der Waals surface area contributed by atoms with Crippen molar-refractivity contribution < 1.29 is 22.8 Å². The van der Waals surface area contributed by atoms with E-state index in [1.54, 1.807) is 13.8 Å². The van der Waals surface area contributed by atoms with Crippen LogP contribution >= 0.6 is 0 Å². The van der Waals surface area contributed by atoms with Crippen LogP contribution in [0.2, 0.25) is 0 Å². The highest BCUT2D eigenvalue weighted by Crippen LogP contribution is 2.29. The number of pyridine rings is 1. The number of nitrogens with one attached hydrogen (secondary N) is 1. The van der Waals surface area contributed by atoms with Crippen LogP contribution in [0.1, 0.15) is 44.6 Å². The Bertz CT molecular complexity index is 911. The van der Waals surface area contributed by atoms with Crippen molar-refractivity contribution in [3.8, 4) is 0 Å². The summed E-state index contributed by atoms with van der Waals surface area (Å²) in [5.41, 5.74) is 1.61. The van der Waals surface area contributed by atoms with Crippen LogP contribution < -0.4 is 4.90 Å². The second kappa shape index (κ2) is 7.98. The molecule has 2 aromatic heterocycles. The maximum absolute atomic E-state index is 12.7. The lowest BCUT2D eigenvalue weighted by atomic mass is 10.1. The van der Waals surface area contributed by atoms with E-state index in [1.807, 2.05) is 9.80 Å². The molecule has 156 valence electrons. The minimum absolute atomic E-state index is 0.0760. The molecule has 0 bridgehead atoms. The van der Waals surface area contributed by atoms with Crippen molar-refractivity contribution in [3.05, 3.63) is 46.4 Å². The van der Waals surface area contributed by atoms with Crippen LogP contribution in [0.4, 0.5) is 19.0 Å². The van der Waals surface area contributed by atoms with Gasteiger partial charge in [0.25, 0.3) is 0 Å². The molecule has 1 aliphatic rings. The lowest BCUT2D eigenvalue weighted by Gasteiger charge is -2.35. The van der Waals surface area contributed by atoms with Crippen LogP contribution in [0.15, 0.2) is 18.3 Å². The maximum Gasteiger partial charge on any atom is 0.417 e. The summed E-state index contributed by atoms with van der Waals surface area (Å²) in [6, 6.07) is 2.40. The Morgan fingerprint density at radius 3 is 2.28 bits per heavy atom. The van der Waals surface area contributed by atoms with E-state index in [0.29, 0.717) is 54.5 Å². The predicted octanol–water partition coefficient (Wildman–Crippen LogP) is 3.25. The van der Waals surface area contributed by atoms with Crippen LogP contribution in [-0.2, 0) is 6.18 Å². The average Bonchev–Trinajstić information content (AvgIpc) is 2.96. The van der Waals surface area contributed by atoms with Crippen molar-refractivity contribution in [2.75, 3.05) is 37.6 Å². The highest BCUT2D eigenvalue weighted by molar-refractivity contribution is 6.03. The molecule has 1 fully saturated rings. The van der Waals surface area contributed by atoms with E-state index in [2.05, 4.69) is 9.97 Å². The van der Waals surface area contributed by atoms with Gasteiger partial charge in [0.2, 0.25) is 0 Å². The van der Waals surface area contributed by atoms with Crippen molar-refractivity contribution in [1.29, 1.82) is 0 Å². The number of rotatable bonds is 5. The number of Topliss-reactive ketones (excluding diaryl/α,β-unsaturated/α-hetero) is 2. The van der Waals surface area contributed by atoms with Gasteiger partial charge in [-0.1, -0.05) is 0 Å². The second-order valence-corrected chi connectivity index (χ2v) is 7.27. The number of halogens is 3. The van der Waals surface area contributed by atoms with E-state index >= 15 is 0 Å². The number of alkyl halides is 3. The molecule has 0 amide bonds. The molecule has 1 aliphatic heterocycles. The molecule has 0 unspecified atom stereocenters. The van der Waals surface area contributed by atoms with Gasteiger partial charge in [0.15, 0.2) is 11.6 Å². The Balaban J connectivity index is 1.59. The summed E-state index contributed by atoms with van der Waals surface area (Å²) in [7, 11) is 0. The Labute approximate surface area is 166 Å². The molecule has 1 saturated heterocycles. The third kappa shape index (κ3) is 4.50. The zero-order valence-electron chi connectivity index (χ0n) is 16.6. The van der Waals surface area contributed by atoms with Gasteiger partial charge < -0.3 is 9.88 Å². The van der Waals surface area contributed by atoms with Gasteiger partial charge >= 0.3 is 6.18 Å². The fourth-order valence-electron chi connectivity index (χ4n) is 3.71. The molecular weight excluding hydrogens is 385 g/mol. The molecule has 3 rings (SSSR count). The number of carbonyl (C=O) groups excluding carboxylic acids is 2. The minimum Gasteiger partial charge on any atom is -0.355 e. The molecule has 0 aliphatic carbocycles. The molecule has 29 heavy (non-hydrogen) atoms. The van der Waals surface area contributed by atoms with Crippen molar-refractivity contribution in [2.24, 2.45) is 0 Å². The van der Waals surface area contributed by atoms with Crippen LogP contribution in [0.25, 0.3) is 0 Å². The minimum atomic E-state index is -4.40. The monoisotopic (exact) mass is 408 g/mol. The molecule has 1 N–H and O–H groups in total. The topological polar surface area (TPSA) is 69.3 Å². The van der Waals surface area contributed by atoms with E-state index in [1.165, 1.54) is 13.0 Å². The van der Waals surface area contributed by atoms with Crippen molar-refractivity contribution in [3.63, 3.8) is 0 Å². The fourth-order valence-corrected chi connectivity index (χ4v) is 3.71.